The summed E-state index contributed by atoms with van der Waals surface area (Å²) in [6.45, 7) is 17.1. The SMILES string of the molecule is C=C/C(C)=C/C[C@]1(C)[C@H](C)[C@@H](OCCCC)[C@H](O)[C@@]23C(=C[C@H](OC)C[C@@H]12)[C@H](OCCCC)O[C@H]3OC(C)=O. The third kappa shape index (κ3) is 5.68. The molecule has 0 unspecified atom stereocenters. The van der Waals surface area contributed by atoms with Gasteiger partial charge in [-0.2, -0.15) is 0 Å². The molecule has 0 aromatic carbocycles. The Balaban J connectivity index is 2.22. The summed E-state index contributed by atoms with van der Waals surface area (Å²) in [5, 5.41) is 12.3. The van der Waals surface area contributed by atoms with Crippen LogP contribution in [0.15, 0.2) is 36.0 Å². The zero-order valence-corrected chi connectivity index (χ0v) is 24.5. The number of aliphatic hydroxyl groups excluding tert-OH is 1. The van der Waals surface area contributed by atoms with Crippen LogP contribution in [0.5, 0.6) is 0 Å². The minimum atomic E-state index is -1.02. The maximum Gasteiger partial charge on any atom is 0.304 e. The first-order chi connectivity index (χ1) is 18.1. The maximum atomic E-state index is 12.4. The number of rotatable bonds is 13. The number of carbonyl (C=O) groups excluding carboxylic acids is 1. The van der Waals surface area contributed by atoms with Crippen LogP contribution < -0.4 is 0 Å². The molecule has 3 aliphatic rings. The Morgan fingerprint density at radius 2 is 1.87 bits per heavy atom. The third-order valence-corrected chi connectivity index (χ3v) is 9.27. The number of carbonyl (C=O) groups is 1. The van der Waals surface area contributed by atoms with E-state index >= 15 is 0 Å². The molecule has 0 radical (unpaired) electrons. The Kier molecular flexibility index (Phi) is 10.8. The second-order valence-corrected chi connectivity index (χ2v) is 11.5. The van der Waals surface area contributed by atoms with Crippen molar-refractivity contribution >= 4 is 5.97 Å². The molecular formula is C31H50O7. The van der Waals surface area contributed by atoms with Crippen LogP contribution in [0.25, 0.3) is 0 Å². The fourth-order valence-electron chi connectivity index (χ4n) is 6.79. The van der Waals surface area contributed by atoms with Crippen molar-refractivity contribution < 1.29 is 33.6 Å². The first kappa shape index (κ1) is 31.0. The third-order valence-electron chi connectivity index (χ3n) is 9.27. The molecule has 7 heteroatoms. The van der Waals surface area contributed by atoms with E-state index in [1.54, 1.807) is 7.11 Å². The molecule has 0 bridgehead atoms. The van der Waals surface area contributed by atoms with Crippen LogP contribution in [0.4, 0.5) is 0 Å². The number of hydrogen-bond acceptors (Lipinski definition) is 7. The summed E-state index contributed by atoms with van der Waals surface area (Å²) in [5.41, 5.74) is 0.543. The van der Waals surface area contributed by atoms with Gasteiger partial charge in [-0.3, -0.25) is 4.79 Å². The van der Waals surface area contributed by atoms with Gasteiger partial charge in [-0.1, -0.05) is 70.9 Å². The molecule has 3 rings (SSSR count). The quantitative estimate of drug-likeness (QED) is 0.140. The summed E-state index contributed by atoms with van der Waals surface area (Å²) in [6, 6.07) is 0. The predicted molar refractivity (Wildman–Crippen MR) is 147 cm³/mol. The van der Waals surface area contributed by atoms with Gasteiger partial charge in [-0.05, 0) is 55.4 Å². The Morgan fingerprint density at radius 3 is 2.45 bits per heavy atom. The zero-order valence-electron chi connectivity index (χ0n) is 24.5. The lowest BCUT2D eigenvalue weighted by molar-refractivity contribution is -0.280. The standard InChI is InChI=1S/C31H50O7/c1-9-12-16-35-26-21(5)30(7,15-14-20(4)11-3)25-19-23(34-8)18-24-28(36-17-13-10-2)38-29(37-22(6)32)31(24,25)27(26)33/h11,14,18,21,23,25-29,33H,3,9-10,12-13,15-17,19H2,1-2,4-8H3/b20-14+/t21-,23+,25+,26-,27+,28-,29-,30-,31-/m1/s1. The lowest BCUT2D eigenvalue weighted by Gasteiger charge is -2.62. The van der Waals surface area contributed by atoms with Gasteiger partial charge in [0.15, 0.2) is 6.29 Å². The van der Waals surface area contributed by atoms with Crippen molar-refractivity contribution in [1.82, 2.24) is 0 Å². The highest BCUT2D eigenvalue weighted by Crippen LogP contribution is 2.67. The number of ether oxygens (including phenoxy) is 5. The number of aliphatic hydroxyl groups is 1. The zero-order chi connectivity index (χ0) is 28.1. The first-order valence-corrected chi connectivity index (χ1v) is 14.4. The number of hydrogen-bond donors (Lipinski definition) is 1. The minimum absolute atomic E-state index is 0.00809. The monoisotopic (exact) mass is 534 g/mol. The van der Waals surface area contributed by atoms with E-state index in [0.29, 0.717) is 19.6 Å². The van der Waals surface area contributed by atoms with Gasteiger partial charge in [0.05, 0.1) is 30.3 Å². The largest absolute Gasteiger partial charge is 0.435 e. The molecule has 2 fully saturated rings. The van der Waals surface area contributed by atoms with Gasteiger partial charge in [0, 0.05) is 20.6 Å². The van der Waals surface area contributed by atoms with E-state index < -0.39 is 36.2 Å². The molecule has 9 atom stereocenters. The van der Waals surface area contributed by atoms with Gasteiger partial charge < -0.3 is 28.8 Å². The van der Waals surface area contributed by atoms with Crippen LogP contribution in [0.3, 0.4) is 0 Å². The molecule has 0 aromatic heterocycles. The van der Waals surface area contributed by atoms with Crippen LogP contribution in [-0.2, 0) is 28.5 Å². The highest BCUT2D eigenvalue weighted by molar-refractivity contribution is 5.66. The number of allylic oxidation sites excluding steroid dienone is 3. The molecule has 2 aliphatic carbocycles. The molecule has 216 valence electrons. The van der Waals surface area contributed by atoms with Gasteiger partial charge >= 0.3 is 5.97 Å². The molecule has 1 saturated heterocycles. The Bertz CT molecular complexity index is 881. The van der Waals surface area contributed by atoms with Gasteiger partial charge in [-0.15, -0.1) is 0 Å². The summed E-state index contributed by atoms with van der Waals surface area (Å²) in [5.74, 6) is -0.577. The second-order valence-electron chi connectivity index (χ2n) is 11.5. The molecule has 7 nitrogen and oxygen atoms in total. The lowest BCUT2D eigenvalue weighted by atomic mass is 9.44. The molecule has 1 saturated carbocycles. The normalized spacial score (nSPS) is 38.8. The van der Waals surface area contributed by atoms with E-state index in [1.165, 1.54) is 6.92 Å². The van der Waals surface area contributed by atoms with Crippen LogP contribution >= 0.6 is 0 Å². The number of unbranched alkanes of at least 4 members (excludes halogenated alkanes) is 2. The van der Waals surface area contributed by atoms with E-state index in [1.807, 2.05) is 19.1 Å². The van der Waals surface area contributed by atoms with E-state index in [-0.39, 0.29) is 23.4 Å². The van der Waals surface area contributed by atoms with Crippen LogP contribution in [0, 0.1) is 22.7 Å². The smallest absolute Gasteiger partial charge is 0.304 e. The van der Waals surface area contributed by atoms with E-state index in [4.69, 9.17) is 23.7 Å². The average molecular weight is 535 g/mol. The van der Waals surface area contributed by atoms with Gasteiger partial charge in [0.25, 0.3) is 0 Å². The highest BCUT2D eigenvalue weighted by atomic mass is 16.8. The molecular weight excluding hydrogens is 484 g/mol. The van der Waals surface area contributed by atoms with Crippen molar-refractivity contribution in [2.45, 2.75) is 111 Å². The topological polar surface area (TPSA) is 83.5 Å². The van der Waals surface area contributed by atoms with Crippen molar-refractivity contribution in [3.8, 4) is 0 Å². The fraction of sp³-hybridized carbons (Fsp3) is 0.774. The first-order valence-electron chi connectivity index (χ1n) is 14.4. The van der Waals surface area contributed by atoms with Crippen molar-refractivity contribution in [1.29, 1.82) is 0 Å². The maximum absolute atomic E-state index is 12.4. The summed E-state index contributed by atoms with van der Waals surface area (Å²) < 4.78 is 30.9. The molecule has 1 N–H and O–H groups in total. The van der Waals surface area contributed by atoms with E-state index in [2.05, 4.69) is 40.3 Å². The van der Waals surface area contributed by atoms with Crippen molar-refractivity contribution in [3.63, 3.8) is 0 Å². The fourth-order valence-corrected chi connectivity index (χ4v) is 6.79. The van der Waals surface area contributed by atoms with Crippen molar-refractivity contribution in [3.05, 3.63) is 36.0 Å². The van der Waals surface area contributed by atoms with Crippen LogP contribution in [0.1, 0.15) is 80.1 Å². The van der Waals surface area contributed by atoms with Gasteiger partial charge in [0.2, 0.25) is 6.29 Å². The van der Waals surface area contributed by atoms with Gasteiger partial charge in [0.1, 0.15) is 0 Å². The predicted octanol–water partition coefficient (Wildman–Crippen LogP) is 5.72. The molecule has 1 aliphatic heterocycles. The summed E-state index contributed by atoms with van der Waals surface area (Å²) >= 11 is 0. The second kappa shape index (κ2) is 13.2. The van der Waals surface area contributed by atoms with Crippen molar-refractivity contribution in [2.75, 3.05) is 20.3 Å². The van der Waals surface area contributed by atoms with E-state index in [0.717, 1.165) is 43.3 Å². The summed E-state index contributed by atoms with van der Waals surface area (Å²) in [6.07, 6.45) is 7.92. The number of esters is 1. The summed E-state index contributed by atoms with van der Waals surface area (Å²) in [4.78, 5) is 12.4. The molecule has 0 aromatic rings. The molecule has 0 amide bonds. The molecule has 1 spiro atoms. The van der Waals surface area contributed by atoms with Gasteiger partial charge in [-0.25, -0.2) is 0 Å². The summed E-state index contributed by atoms with van der Waals surface area (Å²) in [7, 11) is 1.71. The van der Waals surface area contributed by atoms with Crippen molar-refractivity contribution in [2.24, 2.45) is 22.7 Å². The minimum Gasteiger partial charge on any atom is -0.435 e. The van der Waals surface area contributed by atoms with E-state index in [9.17, 15) is 9.90 Å². The number of methoxy groups -OCH3 is 1. The van der Waals surface area contributed by atoms with Crippen LogP contribution in [-0.4, -0.2) is 62.3 Å². The molecule has 38 heavy (non-hydrogen) atoms. The highest BCUT2D eigenvalue weighted by Gasteiger charge is 2.73. The van der Waals surface area contributed by atoms with Crippen LogP contribution in [0.2, 0.25) is 0 Å². The lowest BCUT2D eigenvalue weighted by Crippen LogP contribution is -2.68. The Hall–Kier alpha value is -1.51. The Morgan fingerprint density at radius 1 is 1.21 bits per heavy atom. The molecule has 1 heterocycles. The Labute approximate surface area is 229 Å². The average Bonchev–Trinajstić information content (AvgIpc) is 3.20.